The molecule has 0 radical (unpaired) electrons. The van der Waals surface area contributed by atoms with Crippen LogP contribution in [0.5, 0.6) is 0 Å². The maximum absolute atomic E-state index is 13.1. The Labute approximate surface area is 166 Å². The van der Waals surface area contributed by atoms with Crippen LogP contribution in [0.4, 0.5) is 5.69 Å². The molecule has 29 heavy (non-hydrogen) atoms. The summed E-state index contributed by atoms with van der Waals surface area (Å²) < 4.78 is 0. The van der Waals surface area contributed by atoms with Crippen molar-refractivity contribution in [2.75, 3.05) is 18.5 Å². The predicted molar refractivity (Wildman–Crippen MR) is 103 cm³/mol. The zero-order chi connectivity index (χ0) is 21.5. The van der Waals surface area contributed by atoms with Gasteiger partial charge in [-0.1, -0.05) is 32.0 Å². The second-order valence-corrected chi connectivity index (χ2v) is 8.17. The van der Waals surface area contributed by atoms with Crippen LogP contribution >= 0.6 is 0 Å². The molecule has 0 saturated heterocycles. The van der Waals surface area contributed by atoms with Gasteiger partial charge in [0.1, 0.15) is 6.54 Å². The van der Waals surface area contributed by atoms with Gasteiger partial charge in [0, 0.05) is 34.9 Å². The van der Waals surface area contributed by atoms with E-state index >= 15 is 0 Å². The molecule has 1 aromatic carbocycles. The van der Waals surface area contributed by atoms with Gasteiger partial charge in [0.2, 0.25) is 0 Å². The van der Waals surface area contributed by atoms with Gasteiger partial charge in [0.25, 0.3) is 11.8 Å². The molecule has 2 aliphatic heterocycles. The lowest BCUT2D eigenvalue weighted by molar-refractivity contribution is -0.148. The highest BCUT2D eigenvalue weighted by molar-refractivity contribution is 6.29. The standard InChI is InChI=1S/C21H20N2O6/c1-20(2)16-13(17(26)23(18(16)27)9-12(24)25)14(19(28)29)15-10-7-5-6-8-11(10)22(4)21(15,20)3/h5-8H,9H2,1-4H3,(H,24,25)(H,28,29). The minimum atomic E-state index is -1.34. The van der Waals surface area contributed by atoms with Crippen LogP contribution < -0.4 is 4.90 Å². The van der Waals surface area contributed by atoms with Gasteiger partial charge in [-0.3, -0.25) is 19.3 Å². The van der Waals surface area contributed by atoms with E-state index in [-0.39, 0.29) is 16.7 Å². The highest BCUT2D eigenvalue weighted by Gasteiger charge is 2.63. The third-order valence-corrected chi connectivity index (χ3v) is 6.71. The molecule has 8 heteroatoms. The summed E-state index contributed by atoms with van der Waals surface area (Å²) in [6, 6.07) is 7.30. The van der Waals surface area contributed by atoms with Crippen LogP contribution in [0.2, 0.25) is 0 Å². The number of para-hydroxylation sites is 1. The molecule has 0 spiro atoms. The number of aliphatic carboxylic acids is 2. The fraction of sp³-hybridized carbons (Fsp3) is 0.333. The summed E-state index contributed by atoms with van der Waals surface area (Å²) in [5, 5.41) is 19.2. The van der Waals surface area contributed by atoms with Crippen LogP contribution in [-0.4, -0.2) is 58.0 Å². The molecular formula is C21H20N2O6. The maximum atomic E-state index is 13.1. The lowest BCUT2D eigenvalue weighted by Gasteiger charge is -2.50. The maximum Gasteiger partial charge on any atom is 0.336 e. The summed E-state index contributed by atoms with van der Waals surface area (Å²) in [4.78, 5) is 52.3. The van der Waals surface area contributed by atoms with Crippen molar-refractivity contribution >= 4 is 35.0 Å². The lowest BCUT2D eigenvalue weighted by atomic mass is 9.59. The van der Waals surface area contributed by atoms with E-state index in [2.05, 4.69) is 0 Å². The average Bonchev–Trinajstić information content (AvgIpc) is 3.01. The number of amides is 2. The molecule has 0 bridgehead atoms. The quantitative estimate of drug-likeness (QED) is 0.745. The van der Waals surface area contributed by atoms with Gasteiger partial charge >= 0.3 is 11.9 Å². The Balaban J connectivity index is 2.10. The molecule has 2 N–H and O–H groups in total. The number of benzene rings is 1. The van der Waals surface area contributed by atoms with Gasteiger partial charge in [-0.15, -0.1) is 0 Å². The van der Waals surface area contributed by atoms with Crippen molar-refractivity contribution in [1.29, 1.82) is 0 Å². The molecule has 1 aliphatic carbocycles. The molecular weight excluding hydrogens is 376 g/mol. The number of fused-ring (bicyclic) bond motifs is 3. The number of anilines is 1. The summed E-state index contributed by atoms with van der Waals surface area (Å²) in [6.45, 7) is 4.62. The van der Waals surface area contributed by atoms with E-state index in [1.165, 1.54) is 0 Å². The topological polar surface area (TPSA) is 115 Å². The Morgan fingerprint density at radius 1 is 1.00 bits per heavy atom. The summed E-state index contributed by atoms with van der Waals surface area (Å²) in [7, 11) is 1.83. The number of carbonyl (C=O) groups is 4. The van der Waals surface area contributed by atoms with Gasteiger partial charge in [0.15, 0.2) is 0 Å². The van der Waals surface area contributed by atoms with Crippen molar-refractivity contribution in [3.63, 3.8) is 0 Å². The molecule has 0 aromatic heterocycles. The highest BCUT2D eigenvalue weighted by Crippen LogP contribution is 2.62. The van der Waals surface area contributed by atoms with Gasteiger partial charge in [-0.2, -0.15) is 0 Å². The van der Waals surface area contributed by atoms with Crippen LogP contribution in [0.15, 0.2) is 41.0 Å². The summed E-state index contributed by atoms with van der Waals surface area (Å²) in [5.41, 5.74) is -0.330. The molecule has 8 nitrogen and oxygen atoms in total. The van der Waals surface area contributed by atoms with E-state index in [0.717, 1.165) is 5.69 Å². The van der Waals surface area contributed by atoms with Crippen LogP contribution in [0.25, 0.3) is 5.57 Å². The number of carboxylic acid groups (broad SMARTS) is 2. The molecule has 3 aliphatic rings. The number of carbonyl (C=O) groups excluding carboxylic acids is 2. The van der Waals surface area contributed by atoms with Crippen molar-refractivity contribution in [3.8, 4) is 0 Å². The minimum absolute atomic E-state index is 0.0482. The fourth-order valence-electron chi connectivity index (χ4n) is 5.01. The third kappa shape index (κ3) is 2.03. The first kappa shape index (κ1) is 18.9. The molecule has 4 rings (SSSR count). The average molecular weight is 396 g/mol. The van der Waals surface area contributed by atoms with Crippen LogP contribution in [0, 0.1) is 5.41 Å². The lowest BCUT2D eigenvalue weighted by Crippen LogP contribution is -2.56. The van der Waals surface area contributed by atoms with Crippen molar-refractivity contribution in [3.05, 3.63) is 46.5 Å². The number of rotatable bonds is 3. The number of likely N-dealkylation sites (N-methyl/N-ethyl adjacent to an activating group) is 1. The van der Waals surface area contributed by atoms with E-state index < -0.39 is 41.3 Å². The summed E-state index contributed by atoms with van der Waals surface area (Å²) in [5.74, 6) is -4.29. The van der Waals surface area contributed by atoms with Crippen molar-refractivity contribution in [1.82, 2.24) is 4.90 Å². The van der Waals surface area contributed by atoms with Crippen molar-refractivity contribution in [2.45, 2.75) is 26.3 Å². The van der Waals surface area contributed by atoms with E-state index in [9.17, 15) is 24.3 Å². The first-order valence-electron chi connectivity index (χ1n) is 9.10. The van der Waals surface area contributed by atoms with Crippen molar-refractivity contribution < 1.29 is 29.4 Å². The van der Waals surface area contributed by atoms with Gasteiger partial charge in [0.05, 0.1) is 16.7 Å². The Bertz CT molecular complexity index is 1100. The second kappa shape index (κ2) is 5.56. The number of imide groups is 1. The molecule has 1 atom stereocenters. The molecule has 2 amide bonds. The Morgan fingerprint density at radius 3 is 2.21 bits per heavy atom. The van der Waals surface area contributed by atoms with E-state index in [0.29, 0.717) is 16.0 Å². The number of hydrogen-bond donors (Lipinski definition) is 2. The highest BCUT2D eigenvalue weighted by atomic mass is 16.4. The molecule has 1 unspecified atom stereocenters. The number of hydrogen-bond acceptors (Lipinski definition) is 5. The molecule has 2 heterocycles. The SMILES string of the molecule is CN1c2ccccc2C2=C(C(=O)O)C3=C(C(=O)N(CC(=O)O)C3=O)C(C)(C)C21C. The van der Waals surface area contributed by atoms with E-state index in [1.807, 2.05) is 31.0 Å². The van der Waals surface area contributed by atoms with Gasteiger partial charge < -0.3 is 15.1 Å². The Morgan fingerprint density at radius 2 is 1.62 bits per heavy atom. The van der Waals surface area contributed by atoms with Gasteiger partial charge in [-0.05, 0) is 13.0 Å². The van der Waals surface area contributed by atoms with Gasteiger partial charge in [-0.25, -0.2) is 4.79 Å². The Hall–Kier alpha value is -3.42. The Kier molecular flexibility index (Phi) is 3.63. The number of carboxylic acids is 2. The molecule has 150 valence electrons. The van der Waals surface area contributed by atoms with E-state index in [1.54, 1.807) is 26.0 Å². The van der Waals surface area contributed by atoms with Crippen LogP contribution in [-0.2, 0) is 19.2 Å². The minimum Gasteiger partial charge on any atom is -0.480 e. The first-order valence-corrected chi connectivity index (χ1v) is 9.10. The van der Waals surface area contributed by atoms with Crippen molar-refractivity contribution in [2.24, 2.45) is 5.41 Å². The normalized spacial score (nSPS) is 24.7. The number of nitrogens with zero attached hydrogens (tertiary/aromatic N) is 2. The predicted octanol–water partition coefficient (Wildman–Crippen LogP) is 1.52. The summed E-state index contributed by atoms with van der Waals surface area (Å²) >= 11 is 0. The smallest absolute Gasteiger partial charge is 0.336 e. The van der Waals surface area contributed by atoms with Crippen LogP contribution in [0.1, 0.15) is 26.3 Å². The first-order chi connectivity index (χ1) is 13.5. The fourth-order valence-corrected chi connectivity index (χ4v) is 5.01. The zero-order valence-corrected chi connectivity index (χ0v) is 16.4. The molecule has 1 aromatic rings. The second-order valence-electron chi connectivity index (χ2n) is 8.17. The van der Waals surface area contributed by atoms with E-state index in [4.69, 9.17) is 5.11 Å². The largest absolute Gasteiger partial charge is 0.480 e. The molecule has 0 fully saturated rings. The van der Waals surface area contributed by atoms with Crippen LogP contribution in [0.3, 0.4) is 0 Å². The monoisotopic (exact) mass is 396 g/mol. The third-order valence-electron chi connectivity index (χ3n) is 6.71. The zero-order valence-electron chi connectivity index (χ0n) is 16.4. The summed E-state index contributed by atoms with van der Waals surface area (Å²) in [6.07, 6.45) is 0. The molecule has 0 saturated carbocycles.